The van der Waals surface area contributed by atoms with E-state index in [1.54, 1.807) is 18.3 Å². The number of carboxylic acid groups (broad SMARTS) is 1. The van der Waals surface area contributed by atoms with Gasteiger partial charge < -0.3 is 20.1 Å². The third-order valence-corrected chi connectivity index (χ3v) is 7.81. The fraction of sp³-hybridized carbons (Fsp3) is 0.419. The molecule has 1 aromatic heterocycles. The van der Waals surface area contributed by atoms with Gasteiger partial charge in [-0.1, -0.05) is 12.1 Å². The van der Waals surface area contributed by atoms with Crippen LogP contribution in [-0.4, -0.2) is 69.9 Å². The average Bonchev–Trinajstić information content (AvgIpc) is 3.40. The van der Waals surface area contributed by atoms with Crippen LogP contribution in [0.5, 0.6) is 0 Å². The predicted octanol–water partition coefficient (Wildman–Crippen LogP) is 4.86. The maximum absolute atomic E-state index is 12.9. The largest absolute Gasteiger partial charge is 0.480 e. The molecule has 2 aliphatic rings. The highest BCUT2D eigenvalue weighted by Crippen LogP contribution is 2.41. The van der Waals surface area contributed by atoms with Gasteiger partial charge in [0.25, 0.3) is 0 Å². The number of nitriles is 1. The molecule has 5 rings (SSSR count). The molecule has 2 N–H and O–H groups in total. The number of aromatic nitrogens is 2. The number of likely N-dealkylation sites (tertiary alicyclic amines) is 1. The number of hydrogen-bond acceptors (Lipinski definition) is 8. The van der Waals surface area contributed by atoms with Crippen molar-refractivity contribution in [1.82, 2.24) is 14.9 Å². The predicted molar refractivity (Wildman–Crippen MR) is 155 cm³/mol. The molecule has 3 aromatic rings. The van der Waals surface area contributed by atoms with Crippen molar-refractivity contribution in [2.24, 2.45) is 0 Å². The second-order valence-corrected chi connectivity index (χ2v) is 11.5. The highest BCUT2D eigenvalue weighted by Gasteiger charge is 2.51. The molecule has 0 saturated carbocycles. The SMILES string of the molecule is CC(C)(C)N1CCC[C@@]1(Cc1cc(Nc2nccc(-c3cccc(C#N)c3)n2)ccc1N1CCOCC1)C(=O)O. The summed E-state index contributed by atoms with van der Waals surface area (Å²) in [5, 5.41) is 23.2. The number of aliphatic carboxylic acids is 1. The van der Waals surface area contributed by atoms with Crippen LogP contribution >= 0.6 is 0 Å². The summed E-state index contributed by atoms with van der Waals surface area (Å²) < 4.78 is 5.59. The zero-order valence-corrected chi connectivity index (χ0v) is 23.4. The molecule has 2 aromatic carbocycles. The molecule has 2 fully saturated rings. The summed E-state index contributed by atoms with van der Waals surface area (Å²) in [7, 11) is 0. The van der Waals surface area contributed by atoms with Gasteiger partial charge in [-0.2, -0.15) is 5.26 Å². The number of hydrogen-bond donors (Lipinski definition) is 2. The van der Waals surface area contributed by atoms with Crippen molar-refractivity contribution in [1.29, 1.82) is 5.26 Å². The van der Waals surface area contributed by atoms with E-state index in [0.29, 0.717) is 43.3 Å². The molecule has 2 saturated heterocycles. The third kappa shape index (κ3) is 5.64. The Morgan fingerprint density at radius 2 is 1.95 bits per heavy atom. The molecular formula is C31H36N6O3. The maximum atomic E-state index is 12.9. The second kappa shape index (κ2) is 11.2. The molecule has 0 aliphatic carbocycles. The lowest BCUT2D eigenvalue weighted by atomic mass is 9.84. The zero-order chi connectivity index (χ0) is 28.3. The molecule has 0 radical (unpaired) electrons. The van der Waals surface area contributed by atoms with E-state index in [0.717, 1.165) is 48.6 Å². The Bertz CT molecular complexity index is 1420. The van der Waals surface area contributed by atoms with Crippen LogP contribution in [0, 0.1) is 11.3 Å². The van der Waals surface area contributed by atoms with Gasteiger partial charge in [0.15, 0.2) is 0 Å². The number of carbonyl (C=O) groups is 1. The summed E-state index contributed by atoms with van der Waals surface area (Å²) >= 11 is 0. The van der Waals surface area contributed by atoms with E-state index in [4.69, 9.17) is 4.74 Å². The monoisotopic (exact) mass is 540 g/mol. The zero-order valence-electron chi connectivity index (χ0n) is 23.4. The van der Waals surface area contributed by atoms with E-state index in [1.807, 2.05) is 30.3 Å². The number of anilines is 3. The summed E-state index contributed by atoms with van der Waals surface area (Å²) in [5.74, 6) is -0.350. The van der Waals surface area contributed by atoms with Crippen molar-refractivity contribution in [3.63, 3.8) is 0 Å². The van der Waals surface area contributed by atoms with E-state index >= 15 is 0 Å². The van der Waals surface area contributed by atoms with Crippen molar-refractivity contribution < 1.29 is 14.6 Å². The van der Waals surface area contributed by atoms with E-state index < -0.39 is 11.5 Å². The Morgan fingerprint density at radius 3 is 2.67 bits per heavy atom. The minimum atomic E-state index is -0.986. The van der Waals surface area contributed by atoms with Gasteiger partial charge in [-0.25, -0.2) is 9.97 Å². The van der Waals surface area contributed by atoms with Crippen LogP contribution in [0.25, 0.3) is 11.3 Å². The minimum absolute atomic E-state index is 0.277. The highest BCUT2D eigenvalue weighted by atomic mass is 16.5. The van der Waals surface area contributed by atoms with Gasteiger partial charge in [0, 0.05) is 48.2 Å². The van der Waals surface area contributed by atoms with Gasteiger partial charge >= 0.3 is 5.97 Å². The van der Waals surface area contributed by atoms with Crippen LogP contribution in [0.2, 0.25) is 0 Å². The lowest BCUT2D eigenvalue weighted by molar-refractivity contribution is -0.153. The standard InChI is InChI=1S/C31H36N6O3/c1-30(2,3)37-13-5-11-31(37,28(38)39)20-24-19-25(8-9-27(24)36-14-16-40-17-15-36)34-29-33-12-10-26(35-29)23-7-4-6-22(18-23)21-32/h4,6-10,12,18-19H,5,11,13-17,20H2,1-3H3,(H,38,39)(H,33,34,35)/t31-/m1/s1. The first-order valence-corrected chi connectivity index (χ1v) is 13.8. The first-order valence-electron chi connectivity index (χ1n) is 13.8. The average molecular weight is 541 g/mol. The molecule has 0 bridgehead atoms. The van der Waals surface area contributed by atoms with Crippen molar-refractivity contribution in [3.05, 3.63) is 65.9 Å². The molecule has 1 atom stereocenters. The van der Waals surface area contributed by atoms with Gasteiger partial charge in [0.05, 0.1) is 30.5 Å². The maximum Gasteiger partial charge on any atom is 0.324 e. The van der Waals surface area contributed by atoms with Crippen molar-refractivity contribution in [2.45, 2.75) is 51.1 Å². The smallest absolute Gasteiger partial charge is 0.324 e. The normalized spacial score (nSPS) is 19.8. The second-order valence-electron chi connectivity index (χ2n) is 11.5. The fourth-order valence-electron chi connectivity index (χ4n) is 6.03. The minimum Gasteiger partial charge on any atom is -0.480 e. The molecular weight excluding hydrogens is 504 g/mol. The van der Waals surface area contributed by atoms with Crippen LogP contribution < -0.4 is 10.2 Å². The lowest BCUT2D eigenvalue weighted by Gasteiger charge is -2.44. The van der Waals surface area contributed by atoms with Crippen LogP contribution in [0.1, 0.15) is 44.7 Å². The molecule has 40 heavy (non-hydrogen) atoms. The summed E-state index contributed by atoms with van der Waals surface area (Å²) in [5.41, 5.74) is 3.65. The first kappa shape index (κ1) is 27.6. The van der Waals surface area contributed by atoms with Gasteiger partial charge in [0.2, 0.25) is 5.95 Å². The highest BCUT2D eigenvalue weighted by molar-refractivity contribution is 5.81. The van der Waals surface area contributed by atoms with Crippen molar-refractivity contribution in [3.8, 4) is 17.3 Å². The van der Waals surface area contributed by atoms with Crippen LogP contribution in [0.15, 0.2) is 54.7 Å². The van der Waals surface area contributed by atoms with Gasteiger partial charge in [-0.05, 0) is 82.1 Å². The Balaban J connectivity index is 1.50. The Morgan fingerprint density at radius 1 is 1.15 bits per heavy atom. The summed E-state index contributed by atoms with van der Waals surface area (Å²) in [6, 6.07) is 17.4. The summed E-state index contributed by atoms with van der Waals surface area (Å²) in [6.45, 7) is 9.84. The Kier molecular flexibility index (Phi) is 7.74. The number of morpholine rings is 1. The number of nitrogens with zero attached hydrogens (tertiary/aromatic N) is 5. The molecule has 0 amide bonds. The quantitative estimate of drug-likeness (QED) is 0.434. The Hall–Kier alpha value is -4.00. The van der Waals surface area contributed by atoms with E-state index in [9.17, 15) is 15.2 Å². The van der Waals surface area contributed by atoms with Gasteiger partial charge in [-0.3, -0.25) is 9.69 Å². The summed E-state index contributed by atoms with van der Waals surface area (Å²) in [4.78, 5) is 26.5. The number of benzene rings is 2. The van der Waals surface area contributed by atoms with Crippen LogP contribution in [0.3, 0.4) is 0 Å². The van der Waals surface area contributed by atoms with Crippen LogP contribution in [-0.2, 0) is 16.0 Å². The molecule has 2 aliphatic heterocycles. The van der Waals surface area contributed by atoms with Crippen molar-refractivity contribution >= 4 is 23.3 Å². The van der Waals surface area contributed by atoms with Crippen molar-refractivity contribution in [2.75, 3.05) is 43.1 Å². The van der Waals surface area contributed by atoms with Gasteiger partial charge in [0.1, 0.15) is 5.54 Å². The lowest BCUT2D eigenvalue weighted by Crippen LogP contribution is -2.59. The molecule has 208 valence electrons. The summed E-state index contributed by atoms with van der Waals surface area (Å²) in [6.07, 6.45) is 3.53. The molecule has 0 unspecified atom stereocenters. The molecule has 9 heteroatoms. The number of nitrogens with one attached hydrogen (secondary N) is 1. The van der Waals surface area contributed by atoms with E-state index in [1.165, 1.54) is 0 Å². The fourth-order valence-corrected chi connectivity index (χ4v) is 6.03. The molecule has 3 heterocycles. The number of carboxylic acids is 1. The van der Waals surface area contributed by atoms with Gasteiger partial charge in [-0.15, -0.1) is 0 Å². The topological polar surface area (TPSA) is 115 Å². The van der Waals surface area contributed by atoms with E-state index in [-0.39, 0.29) is 5.54 Å². The third-order valence-electron chi connectivity index (χ3n) is 7.81. The molecule has 0 spiro atoms. The molecule has 9 nitrogen and oxygen atoms in total. The van der Waals surface area contributed by atoms with E-state index in [2.05, 4.69) is 58.0 Å². The number of rotatable bonds is 7. The Labute approximate surface area is 235 Å². The first-order chi connectivity index (χ1) is 19.2. The number of ether oxygens (including phenoxy) is 1. The van der Waals surface area contributed by atoms with Crippen LogP contribution in [0.4, 0.5) is 17.3 Å².